The van der Waals surface area contributed by atoms with Gasteiger partial charge in [0.25, 0.3) is 0 Å². The van der Waals surface area contributed by atoms with Gasteiger partial charge in [-0.2, -0.15) is 0 Å². The van der Waals surface area contributed by atoms with Crippen molar-refractivity contribution in [2.75, 3.05) is 6.54 Å². The Bertz CT molecular complexity index is 470. The lowest BCUT2D eigenvalue weighted by Gasteiger charge is -2.32. The maximum atomic E-state index is 11.8. The van der Waals surface area contributed by atoms with Gasteiger partial charge in [-0.25, -0.2) is 4.79 Å². The second kappa shape index (κ2) is 7.00. The first-order chi connectivity index (χ1) is 10.1. The summed E-state index contributed by atoms with van der Waals surface area (Å²) >= 11 is 0. The number of amides is 1. The van der Waals surface area contributed by atoms with E-state index in [0.29, 0.717) is 6.42 Å². The van der Waals surface area contributed by atoms with Gasteiger partial charge in [0.15, 0.2) is 0 Å². The van der Waals surface area contributed by atoms with Crippen molar-refractivity contribution in [3.63, 3.8) is 0 Å². The number of allylic oxidation sites excluding steroid dienone is 1. The van der Waals surface area contributed by atoms with Gasteiger partial charge in [-0.3, -0.25) is 0 Å². The molecule has 0 radical (unpaired) electrons. The summed E-state index contributed by atoms with van der Waals surface area (Å²) in [4.78, 5) is 14.5. The van der Waals surface area contributed by atoms with E-state index in [-0.39, 0.29) is 13.0 Å². The van der Waals surface area contributed by atoms with Crippen molar-refractivity contribution >= 4 is 6.09 Å². The quantitative estimate of drug-likeness (QED) is 0.310. The molecule has 1 amide bonds. The van der Waals surface area contributed by atoms with E-state index in [4.69, 9.17) is 10.3 Å². The Morgan fingerprint density at radius 3 is 2.73 bits per heavy atom. The van der Waals surface area contributed by atoms with E-state index in [1.54, 1.807) is 26.8 Å². The normalized spacial score (nSPS) is 31.2. The van der Waals surface area contributed by atoms with Crippen LogP contribution in [0.1, 0.15) is 33.6 Å². The zero-order chi connectivity index (χ0) is 17.0. The number of aliphatic hydroxyl groups excluding tert-OH is 2. The minimum atomic E-state index is -1.17. The van der Waals surface area contributed by atoms with E-state index < -0.39 is 35.4 Å². The number of ether oxygens (including phenoxy) is 1. The number of carbonyl (C=O) groups is 1. The number of hydrogen-bond donors (Lipinski definition) is 3. The fourth-order valence-corrected chi connectivity index (χ4v) is 2.71. The van der Waals surface area contributed by atoms with Gasteiger partial charge >= 0.3 is 6.09 Å². The molecule has 0 bridgehead atoms. The summed E-state index contributed by atoms with van der Waals surface area (Å²) in [6, 6.07) is -0.736. The van der Waals surface area contributed by atoms with Gasteiger partial charge in [-0.15, -0.1) is 6.58 Å². The minimum Gasteiger partial charge on any atom is -0.444 e. The van der Waals surface area contributed by atoms with Gasteiger partial charge in [0, 0.05) is 16.9 Å². The molecule has 3 N–H and O–H groups in total. The van der Waals surface area contributed by atoms with E-state index >= 15 is 0 Å². The minimum absolute atomic E-state index is 0.0869. The van der Waals surface area contributed by atoms with E-state index in [1.165, 1.54) is 0 Å². The van der Waals surface area contributed by atoms with Crippen LogP contribution in [0.25, 0.3) is 10.4 Å². The molecular formula is C14H24N4O4. The van der Waals surface area contributed by atoms with E-state index in [2.05, 4.69) is 21.9 Å². The van der Waals surface area contributed by atoms with E-state index in [9.17, 15) is 15.0 Å². The highest BCUT2D eigenvalue weighted by atomic mass is 16.6. The maximum Gasteiger partial charge on any atom is 0.407 e. The predicted octanol–water partition coefficient (Wildman–Crippen LogP) is 1.88. The molecule has 0 aromatic heterocycles. The van der Waals surface area contributed by atoms with E-state index in [0.717, 1.165) is 0 Å². The van der Waals surface area contributed by atoms with E-state index in [1.807, 2.05) is 0 Å². The maximum absolute atomic E-state index is 11.8. The molecule has 0 spiro atoms. The highest BCUT2D eigenvalue weighted by Crippen LogP contribution is 2.43. The Morgan fingerprint density at radius 2 is 2.23 bits per heavy atom. The number of nitrogens with zero attached hydrogens (tertiary/aromatic N) is 3. The summed E-state index contributed by atoms with van der Waals surface area (Å²) in [6.45, 7) is 8.98. The van der Waals surface area contributed by atoms with Gasteiger partial charge in [-0.1, -0.05) is 11.2 Å². The number of rotatable bonds is 5. The van der Waals surface area contributed by atoms with Crippen LogP contribution in [0.15, 0.2) is 17.8 Å². The summed E-state index contributed by atoms with van der Waals surface area (Å²) in [5, 5.41) is 26.4. The lowest BCUT2D eigenvalue weighted by molar-refractivity contribution is -0.0236. The molecule has 0 aromatic carbocycles. The number of carbonyl (C=O) groups excluding carboxylic acids is 1. The Balaban J connectivity index is 2.82. The lowest BCUT2D eigenvalue weighted by atomic mass is 9.80. The number of hydrogen-bond acceptors (Lipinski definition) is 5. The number of azide groups is 1. The molecule has 1 aliphatic carbocycles. The summed E-state index contributed by atoms with van der Waals surface area (Å²) in [6.07, 6.45) is -0.692. The topological polar surface area (TPSA) is 128 Å². The molecule has 1 aliphatic rings. The first-order valence-electron chi connectivity index (χ1n) is 7.13. The summed E-state index contributed by atoms with van der Waals surface area (Å²) in [7, 11) is 0. The Morgan fingerprint density at radius 1 is 1.59 bits per heavy atom. The van der Waals surface area contributed by atoms with Crippen LogP contribution in [-0.2, 0) is 4.74 Å². The molecule has 4 atom stereocenters. The van der Waals surface area contributed by atoms with Gasteiger partial charge in [-0.05, 0) is 39.1 Å². The van der Waals surface area contributed by atoms with Gasteiger partial charge < -0.3 is 20.3 Å². The first-order valence-corrected chi connectivity index (χ1v) is 7.13. The molecule has 8 nitrogen and oxygen atoms in total. The van der Waals surface area contributed by atoms with Crippen molar-refractivity contribution in [1.82, 2.24) is 5.32 Å². The van der Waals surface area contributed by atoms with Crippen molar-refractivity contribution in [3.8, 4) is 0 Å². The fourth-order valence-electron chi connectivity index (χ4n) is 2.71. The fraction of sp³-hybridized carbons (Fsp3) is 0.786. The van der Waals surface area contributed by atoms with Crippen molar-refractivity contribution in [3.05, 3.63) is 23.1 Å². The average Bonchev–Trinajstić information content (AvgIpc) is 2.62. The SMILES string of the molecule is C=CC[C@@]1(CNC(=O)OC(C)(C)C)CC(N=[N+]=[N-])[C@H](O)[C@@H]1O. The summed E-state index contributed by atoms with van der Waals surface area (Å²) < 4.78 is 5.16. The van der Waals surface area contributed by atoms with Gasteiger partial charge in [0.05, 0.1) is 18.2 Å². The van der Waals surface area contributed by atoms with Crippen molar-refractivity contribution in [2.45, 2.75) is 57.5 Å². The second-order valence-electron chi connectivity index (χ2n) is 6.62. The van der Waals surface area contributed by atoms with Crippen LogP contribution in [0, 0.1) is 5.41 Å². The number of nitrogens with one attached hydrogen (secondary N) is 1. The molecule has 0 saturated heterocycles. The van der Waals surface area contributed by atoms with Crippen molar-refractivity contribution in [2.24, 2.45) is 10.5 Å². The second-order valence-corrected chi connectivity index (χ2v) is 6.62. The molecule has 1 fully saturated rings. The predicted molar refractivity (Wildman–Crippen MR) is 81.0 cm³/mol. The zero-order valence-electron chi connectivity index (χ0n) is 13.2. The highest BCUT2D eigenvalue weighted by Gasteiger charge is 2.51. The summed E-state index contributed by atoms with van der Waals surface area (Å²) in [5.41, 5.74) is 7.07. The average molecular weight is 312 g/mol. The standard InChI is InChI=1S/C14H24N4O4/c1-5-6-14(8-16-12(21)22-13(2,3)4)7-9(17-18-15)10(19)11(14)20/h5,9-11,19-20H,1,6-8H2,2-4H3,(H,16,21)/t9?,10-,11-,14-/m0/s1. The third kappa shape index (κ3) is 4.37. The molecule has 8 heteroatoms. The Kier molecular flexibility index (Phi) is 5.82. The van der Waals surface area contributed by atoms with Crippen LogP contribution in [0.3, 0.4) is 0 Å². The molecule has 1 unspecified atom stereocenters. The first kappa shape index (κ1) is 18.3. The largest absolute Gasteiger partial charge is 0.444 e. The lowest BCUT2D eigenvalue weighted by Crippen LogP contribution is -2.46. The monoisotopic (exact) mass is 312 g/mol. The number of alkyl carbamates (subject to hydrolysis) is 1. The van der Waals surface area contributed by atoms with Crippen LogP contribution < -0.4 is 5.32 Å². The smallest absolute Gasteiger partial charge is 0.407 e. The zero-order valence-corrected chi connectivity index (χ0v) is 13.2. The van der Waals surface area contributed by atoms with Gasteiger partial charge in [0.2, 0.25) is 0 Å². The van der Waals surface area contributed by atoms with Crippen LogP contribution in [0.5, 0.6) is 0 Å². The molecule has 1 saturated carbocycles. The van der Waals surface area contributed by atoms with Crippen LogP contribution in [0.2, 0.25) is 0 Å². The summed E-state index contributed by atoms with van der Waals surface area (Å²) in [5.74, 6) is 0. The highest BCUT2D eigenvalue weighted by molar-refractivity contribution is 5.67. The third-order valence-electron chi connectivity index (χ3n) is 3.70. The number of aliphatic hydroxyl groups is 2. The molecular weight excluding hydrogens is 288 g/mol. The molecule has 0 aliphatic heterocycles. The van der Waals surface area contributed by atoms with Crippen LogP contribution in [0.4, 0.5) is 4.79 Å². The molecule has 22 heavy (non-hydrogen) atoms. The Labute approximate surface area is 129 Å². The third-order valence-corrected chi connectivity index (χ3v) is 3.70. The molecule has 0 heterocycles. The van der Waals surface area contributed by atoms with Crippen LogP contribution >= 0.6 is 0 Å². The van der Waals surface area contributed by atoms with Gasteiger partial charge in [0.1, 0.15) is 5.60 Å². The molecule has 1 rings (SSSR count). The van der Waals surface area contributed by atoms with Crippen molar-refractivity contribution < 1.29 is 19.7 Å². The Hall–Kier alpha value is -1.76. The molecule has 124 valence electrons. The molecule has 0 aromatic rings. The van der Waals surface area contributed by atoms with Crippen LogP contribution in [-0.4, -0.2) is 46.7 Å². The van der Waals surface area contributed by atoms with Crippen molar-refractivity contribution in [1.29, 1.82) is 0 Å².